The standard InChI is InChI=1S/C9H19N3O/c1-2-3-5-8(13)6-4-7-12-9(10)11/h2-7H2,1H3,(H4,10,11,12). The van der Waals surface area contributed by atoms with E-state index < -0.39 is 0 Å². The second-order valence-electron chi connectivity index (χ2n) is 3.05. The fourth-order valence-corrected chi connectivity index (χ4v) is 0.983. The monoisotopic (exact) mass is 185 g/mol. The van der Waals surface area contributed by atoms with Gasteiger partial charge in [0.2, 0.25) is 0 Å². The molecule has 4 heteroatoms. The first-order valence-electron chi connectivity index (χ1n) is 4.74. The molecule has 0 aromatic rings. The fourth-order valence-electron chi connectivity index (χ4n) is 0.983. The Balaban J connectivity index is 3.32. The van der Waals surface area contributed by atoms with Gasteiger partial charge in [-0.2, -0.15) is 0 Å². The van der Waals surface area contributed by atoms with Gasteiger partial charge >= 0.3 is 0 Å². The highest BCUT2D eigenvalue weighted by molar-refractivity contribution is 5.78. The lowest BCUT2D eigenvalue weighted by Crippen LogP contribution is -2.23. The van der Waals surface area contributed by atoms with Gasteiger partial charge in [0.25, 0.3) is 0 Å². The predicted molar refractivity (Wildman–Crippen MR) is 54.4 cm³/mol. The van der Waals surface area contributed by atoms with E-state index in [1.807, 2.05) is 0 Å². The average molecular weight is 185 g/mol. The fraction of sp³-hybridized carbons (Fsp3) is 0.778. The molecule has 0 rings (SSSR count). The number of carbonyl (C=O) groups excluding carboxylic acids is 1. The van der Waals surface area contributed by atoms with E-state index in [4.69, 9.17) is 11.5 Å². The zero-order chi connectivity index (χ0) is 10.1. The van der Waals surface area contributed by atoms with Crippen molar-refractivity contribution in [1.29, 1.82) is 0 Å². The van der Waals surface area contributed by atoms with Crippen molar-refractivity contribution < 1.29 is 4.79 Å². The second kappa shape index (κ2) is 7.58. The Kier molecular flexibility index (Phi) is 6.96. The van der Waals surface area contributed by atoms with Crippen LogP contribution in [0.15, 0.2) is 4.99 Å². The first-order chi connectivity index (χ1) is 6.16. The van der Waals surface area contributed by atoms with Gasteiger partial charge in [0, 0.05) is 19.4 Å². The molecule has 13 heavy (non-hydrogen) atoms. The summed E-state index contributed by atoms with van der Waals surface area (Å²) in [6, 6.07) is 0. The lowest BCUT2D eigenvalue weighted by molar-refractivity contribution is -0.119. The van der Waals surface area contributed by atoms with Crippen molar-refractivity contribution in [2.75, 3.05) is 6.54 Å². The van der Waals surface area contributed by atoms with Gasteiger partial charge < -0.3 is 11.5 Å². The number of aliphatic imine (C=N–C) groups is 1. The molecule has 0 saturated carbocycles. The number of nitrogens with two attached hydrogens (primary N) is 2. The number of hydrogen-bond acceptors (Lipinski definition) is 2. The number of hydrogen-bond donors (Lipinski definition) is 2. The van der Waals surface area contributed by atoms with Crippen molar-refractivity contribution in [2.24, 2.45) is 16.5 Å². The first-order valence-corrected chi connectivity index (χ1v) is 4.74. The Morgan fingerprint density at radius 1 is 1.23 bits per heavy atom. The zero-order valence-electron chi connectivity index (χ0n) is 8.25. The van der Waals surface area contributed by atoms with Gasteiger partial charge in [0.05, 0.1) is 0 Å². The highest BCUT2D eigenvalue weighted by atomic mass is 16.1. The van der Waals surface area contributed by atoms with Crippen molar-refractivity contribution in [3.8, 4) is 0 Å². The van der Waals surface area contributed by atoms with Crippen LogP contribution in [0.2, 0.25) is 0 Å². The van der Waals surface area contributed by atoms with E-state index in [2.05, 4.69) is 11.9 Å². The molecule has 4 N–H and O–H groups in total. The van der Waals surface area contributed by atoms with Gasteiger partial charge in [0.15, 0.2) is 5.96 Å². The highest BCUT2D eigenvalue weighted by Gasteiger charge is 1.99. The number of carbonyl (C=O) groups is 1. The highest BCUT2D eigenvalue weighted by Crippen LogP contribution is 2.00. The van der Waals surface area contributed by atoms with Gasteiger partial charge in [-0.3, -0.25) is 9.79 Å². The number of nitrogens with zero attached hydrogens (tertiary/aromatic N) is 1. The van der Waals surface area contributed by atoms with Crippen LogP contribution in [0.25, 0.3) is 0 Å². The van der Waals surface area contributed by atoms with Crippen molar-refractivity contribution in [2.45, 2.75) is 39.0 Å². The van der Waals surface area contributed by atoms with Crippen LogP contribution in [0, 0.1) is 0 Å². The van der Waals surface area contributed by atoms with Crippen molar-refractivity contribution in [3.63, 3.8) is 0 Å². The lowest BCUT2D eigenvalue weighted by atomic mass is 10.1. The summed E-state index contributed by atoms with van der Waals surface area (Å²) < 4.78 is 0. The van der Waals surface area contributed by atoms with Crippen molar-refractivity contribution in [3.05, 3.63) is 0 Å². The average Bonchev–Trinajstić information content (AvgIpc) is 2.08. The van der Waals surface area contributed by atoms with Crippen LogP contribution >= 0.6 is 0 Å². The van der Waals surface area contributed by atoms with E-state index in [1.54, 1.807) is 0 Å². The molecule has 0 amide bonds. The van der Waals surface area contributed by atoms with Crippen LogP contribution < -0.4 is 11.5 Å². The molecule has 0 fully saturated rings. The minimum atomic E-state index is 0.0982. The van der Waals surface area contributed by atoms with E-state index in [1.165, 1.54) is 0 Å². The summed E-state index contributed by atoms with van der Waals surface area (Å²) in [4.78, 5) is 14.9. The molecule has 0 radical (unpaired) electrons. The molecule has 0 heterocycles. The summed E-state index contributed by atoms with van der Waals surface area (Å²) in [5.74, 6) is 0.411. The van der Waals surface area contributed by atoms with Crippen LogP contribution in [-0.4, -0.2) is 18.3 Å². The summed E-state index contributed by atoms with van der Waals surface area (Å²) in [6.45, 7) is 2.63. The largest absolute Gasteiger partial charge is 0.370 e. The van der Waals surface area contributed by atoms with Crippen LogP contribution in [0.4, 0.5) is 0 Å². The Hall–Kier alpha value is -1.06. The summed E-state index contributed by atoms with van der Waals surface area (Å²) in [5, 5.41) is 0. The molecular weight excluding hydrogens is 166 g/mol. The molecule has 0 spiro atoms. The van der Waals surface area contributed by atoms with Crippen molar-refractivity contribution >= 4 is 11.7 Å². The maximum Gasteiger partial charge on any atom is 0.185 e. The quantitative estimate of drug-likeness (QED) is 0.349. The van der Waals surface area contributed by atoms with Gasteiger partial charge in [-0.25, -0.2) is 0 Å². The van der Waals surface area contributed by atoms with Crippen LogP contribution in [0.1, 0.15) is 39.0 Å². The molecule has 0 aliphatic carbocycles. The molecule has 0 bridgehead atoms. The molecule has 0 aromatic heterocycles. The third-order valence-corrected chi connectivity index (χ3v) is 1.72. The second-order valence-corrected chi connectivity index (χ2v) is 3.05. The SMILES string of the molecule is CCCCC(=O)CCCN=C(N)N. The van der Waals surface area contributed by atoms with E-state index in [9.17, 15) is 4.79 Å². The Bertz CT molecular complexity index is 174. The van der Waals surface area contributed by atoms with E-state index in [-0.39, 0.29) is 5.96 Å². The third kappa shape index (κ3) is 8.85. The van der Waals surface area contributed by atoms with Crippen LogP contribution in [0.5, 0.6) is 0 Å². The Labute approximate surface area is 79.4 Å². The third-order valence-electron chi connectivity index (χ3n) is 1.72. The van der Waals surface area contributed by atoms with Crippen LogP contribution in [-0.2, 0) is 4.79 Å². The summed E-state index contributed by atoms with van der Waals surface area (Å²) in [7, 11) is 0. The normalized spacial score (nSPS) is 9.62. The minimum absolute atomic E-state index is 0.0982. The summed E-state index contributed by atoms with van der Waals surface area (Å²) in [5.41, 5.74) is 10.3. The topological polar surface area (TPSA) is 81.5 Å². The maximum atomic E-state index is 11.1. The van der Waals surface area contributed by atoms with E-state index in [0.717, 1.165) is 19.3 Å². The maximum absolute atomic E-state index is 11.1. The molecule has 4 nitrogen and oxygen atoms in total. The molecule has 76 valence electrons. The Morgan fingerprint density at radius 3 is 2.38 bits per heavy atom. The lowest BCUT2D eigenvalue weighted by Gasteiger charge is -1.97. The van der Waals surface area contributed by atoms with E-state index >= 15 is 0 Å². The molecule has 0 aliphatic heterocycles. The smallest absolute Gasteiger partial charge is 0.185 e. The van der Waals surface area contributed by atoms with Gasteiger partial charge in [-0.15, -0.1) is 0 Å². The molecule has 0 saturated heterocycles. The number of guanidine groups is 1. The summed E-state index contributed by atoms with van der Waals surface area (Å²) >= 11 is 0. The van der Waals surface area contributed by atoms with E-state index in [0.29, 0.717) is 25.2 Å². The Morgan fingerprint density at radius 2 is 1.85 bits per heavy atom. The number of unbranched alkanes of at least 4 members (excludes halogenated alkanes) is 1. The predicted octanol–water partition coefficient (Wildman–Crippen LogP) is 0.799. The molecule has 0 aromatic carbocycles. The molecule has 0 aliphatic rings. The first kappa shape index (κ1) is 11.9. The van der Waals surface area contributed by atoms with Gasteiger partial charge in [-0.1, -0.05) is 13.3 Å². The molecule has 0 unspecified atom stereocenters. The summed E-state index contributed by atoms with van der Waals surface area (Å²) in [6.07, 6.45) is 4.09. The van der Waals surface area contributed by atoms with Crippen LogP contribution in [0.3, 0.4) is 0 Å². The number of rotatable bonds is 7. The number of Topliss-reactive ketones (excluding diaryl/α,β-unsaturated/α-hetero) is 1. The minimum Gasteiger partial charge on any atom is -0.370 e. The molecular formula is C9H19N3O. The zero-order valence-corrected chi connectivity index (χ0v) is 8.25. The van der Waals surface area contributed by atoms with Gasteiger partial charge in [-0.05, 0) is 12.8 Å². The van der Waals surface area contributed by atoms with Gasteiger partial charge in [0.1, 0.15) is 5.78 Å². The molecule has 0 atom stereocenters. The van der Waals surface area contributed by atoms with Crippen molar-refractivity contribution in [1.82, 2.24) is 0 Å². The number of ketones is 1.